The lowest BCUT2D eigenvalue weighted by Gasteiger charge is -2.37. The van der Waals surface area contributed by atoms with Crippen molar-refractivity contribution in [2.75, 3.05) is 27.2 Å². The third-order valence-electron chi connectivity index (χ3n) is 5.96. The Labute approximate surface area is 171 Å². The monoisotopic (exact) mass is 395 g/mol. The van der Waals surface area contributed by atoms with Gasteiger partial charge in [0.2, 0.25) is 17.7 Å². The van der Waals surface area contributed by atoms with Gasteiger partial charge in [0.1, 0.15) is 0 Å². The number of amides is 3. The van der Waals surface area contributed by atoms with Crippen LogP contribution in [0, 0.1) is 23.2 Å². The minimum absolute atomic E-state index is 0.00272. The quantitative estimate of drug-likeness (QED) is 0.687. The molecule has 1 N–H and O–H groups in total. The van der Waals surface area contributed by atoms with Crippen molar-refractivity contribution in [3.8, 4) is 0 Å². The molecule has 0 aromatic heterocycles. The molecular weight excluding hydrogens is 354 g/mol. The van der Waals surface area contributed by atoms with Gasteiger partial charge in [-0.2, -0.15) is 0 Å². The van der Waals surface area contributed by atoms with Crippen LogP contribution in [-0.4, -0.2) is 60.7 Å². The van der Waals surface area contributed by atoms with Crippen molar-refractivity contribution >= 4 is 17.7 Å². The van der Waals surface area contributed by atoms with E-state index in [4.69, 9.17) is 0 Å². The van der Waals surface area contributed by atoms with E-state index in [0.717, 1.165) is 25.9 Å². The van der Waals surface area contributed by atoms with Crippen molar-refractivity contribution in [1.29, 1.82) is 0 Å². The van der Waals surface area contributed by atoms with Crippen LogP contribution in [0.3, 0.4) is 0 Å². The van der Waals surface area contributed by atoms with Crippen LogP contribution in [0.15, 0.2) is 0 Å². The smallest absolute Gasteiger partial charge is 0.227 e. The van der Waals surface area contributed by atoms with Crippen molar-refractivity contribution in [3.63, 3.8) is 0 Å². The fraction of sp³-hybridized carbons (Fsp3) is 0.864. The average Bonchev–Trinajstić information content (AvgIpc) is 2.63. The van der Waals surface area contributed by atoms with E-state index in [1.165, 1.54) is 6.42 Å². The van der Waals surface area contributed by atoms with Gasteiger partial charge in [-0.25, -0.2) is 0 Å². The van der Waals surface area contributed by atoms with E-state index in [1.54, 1.807) is 19.0 Å². The fourth-order valence-corrected chi connectivity index (χ4v) is 4.13. The van der Waals surface area contributed by atoms with Crippen LogP contribution in [0.4, 0.5) is 0 Å². The second-order valence-corrected chi connectivity index (χ2v) is 9.59. The maximum atomic E-state index is 13.0. The number of carbonyl (C=O) groups excluding carboxylic acids is 3. The predicted molar refractivity (Wildman–Crippen MR) is 113 cm³/mol. The number of nitrogens with zero attached hydrogens (tertiary/aromatic N) is 2. The first-order valence-corrected chi connectivity index (χ1v) is 10.7. The summed E-state index contributed by atoms with van der Waals surface area (Å²) < 4.78 is 0. The average molecular weight is 396 g/mol. The van der Waals surface area contributed by atoms with Crippen LogP contribution in [0.1, 0.15) is 67.2 Å². The minimum Gasteiger partial charge on any atom is -0.354 e. The van der Waals surface area contributed by atoms with Gasteiger partial charge in [0.25, 0.3) is 0 Å². The van der Waals surface area contributed by atoms with Crippen molar-refractivity contribution in [2.45, 2.75) is 73.3 Å². The Bertz CT molecular complexity index is 551. The molecule has 0 bridgehead atoms. The number of hydrogen-bond acceptors (Lipinski definition) is 3. The van der Waals surface area contributed by atoms with E-state index in [1.807, 2.05) is 46.4 Å². The van der Waals surface area contributed by atoms with E-state index >= 15 is 0 Å². The molecule has 0 radical (unpaired) electrons. The second kappa shape index (κ2) is 10.3. The van der Waals surface area contributed by atoms with Crippen LogP contribution in [0.2, 0.25) is 0 Å². The van der Waals surface area contributed by atoms with Crippen LogP contribution in [0.5, 0.6) is 0 Å². The first-order valence-electron chi connectivity index (χ1n) is 10.7. The predicted octanol–water partition coefficient (Wildman–Crippen LogP) is 2.92. The summed E-state index contributed by atoms with van der Waals surface area (Å²) in [6, 6.07) is 0.0166. The van der Waals surface area contributed by atoms with E-state index in [9.17, 15) is 14.4 Å². The molecule has 0 aromatic rings. The summed E-state index contributed by atoms with van der Waals surface area (Å²) in [5.41, 5.74) is -0.676. The first kappa shape index (κ1) is 24.4. The highest BCUT2D eigenvalue weighted by molar-refractivity contribution is 5.85. The number of piperidine rings is 1. The zero-order valence-electron chi connectivity index (χ0n) is 19.2. The van der Waals surface area contributed by atoms with Gasteiger partial charge in [-0.05, 0) is 45.4 Å². The largest absolute Gasteiger partial charge is 0.354 e. The zero-order valence-corrected chi connectivity index (χ0v) is 19.2. The van der Waals surface area contributed by atoms with Gasteiger partial charge in [0.15, 0.2) is 0 Å². The molecule has 162 valence electrons. The van der Waals surface area contributed by atoms with Crippen molar-refractivity contribution in [2.24, 2.45) is 23.2 Å². The Balaban J connectivity index is 3.03. The molecule has 0 aromatic carbocycles. The number of carbonyl (C=O) groups is 3. The Kier molecular flexibility index (Phi) is 8.96. The summed E-state index contributed by atoms with van der Waals surface area (Å²) in [4.78, 5) is 42.2. The number of rotatable bonds is 8. The van der Waals surface area contributed by atoms with Crippen molar-refractivity contribution < 1.29 is 14.4 Å². The lowest BCUT2D eigenvalue weighted by atomic mass is 9.72. The lowest BCUT2D eigenvalue weighted by Crippen LogP contribution is -2.47. The van der Waals surface area contributed by atoms with Crippen molar-refractivity contribution in [1.82, 2.24) is 15.1 Å². The summed E-state index contributed by atoms with van der Waals surface area (Å²) in [6.07, 6.45) is 3.69. The highest BCUT2D eigenvalue weighted by atomic mass is 16.2. The molecule has 6 nitrogen and oxygen atoms in total. The molecule has 3 unspecified atom stereocenters. The van der Waals surface area contributed by atoms with E-state index in [2.05, 4.69) is 5.32 Å². The van der Waals surface area contributed by atoms with Gasteiger partial charge >= 0.3 is 0 Å². The van der Waals surface area contributed by atoms with Gasteiger partial charge in [-0.1, -0.05) is 27.7 Å². The fourth-order valence-electron chi connectivity index (χ4n) is 4.13. The van der Waals surface area contributed by atoms with E-state index in [0.29, 0.717) is 6.42 Å². The summed E-state index contributed by atoms with van der Waals surface area (Å²) in [5, 5.41) is 3.00. The third kappa shape index (κ3) is 6.49. The molecule has 1 rings (SSSR count). The molecule has 6 heteroatoms. The Hall–Kier alpha value is -1.59. The first-order chi connectivity index (χ1) is 12.9. The third-order valence-corrected chi connectivity index (χ3v) is 5.96. The topological polar surface area (TPSA) is 69.7 Å². The van der Waals surface area contributed by atoms with Crippen LogP contribution < -0.4 is 5.32 Å². The van der Waals surface area contributed by atoms with Gasteiger partial charge < -0.3 is 15.1 Å². The summed E-state index contributed by atoms with van der Waals surface area (Å²) in [5.74, 6) is -0.748. The highest BCUT2D eigenvalue weighted by Gasteiger charge is 2.40. The van der Waals surface area contributed by atoms with Crippen LogP contribution in [-0.2, 0) is 14.4 Å². The summed E-state index contributed by atoms with van der Waals surface area (Å²) in [7, 11) is 3.47. The molecule has 1 aliphatic heterocycles. The Morgan fingerprint density at radius 1 is 1.00 bits per heavy atom. The lowest BCUT2D eigenvalue weighted by molar-refractivity contribution is -0.142. The Morgan fingerprint density at radius 3 is 2.00 bits per heavy atom. The normalized spacial score (nSPS) is 18.4. The van der Waals surface area contributed by atoms with Crippen molar-refractivity contribution in [3.05, 3.63) is 0 Å². The molecule has 1 saturated heterocycles. The molecule has 1 fully saturated rings. The molecule has 0 aliphatic carbocycles. The molecule has 0 spiro atoms. The molecule has 1 aliphatic rings. The molecule has 28 heavy (non-hydrogen) atoms. The molecule has 3 atom stereocenters. The van der Waals surface area contributed by atoms with Gasteiger partial charge in [0, 0.05) is 50.5 Å². The second-order valence-electron chi connectivity index (χ2n) is 9.59. The van der Waals surface area contributed by atoms with Crippen LogP contribution in [0.25, 0.3) is 0 Å². The number of likely N-dealkylation sites (tertiary alicyclic amines) is 1. The Morgan fingerprint density at radius 2 is 1.54 bits per heavy atom. The van der Waals surface area contributed by atoms with Gasteiger partial charge in [0.05, 0.1) is 0 Å². The van der Waals surface area contributed by atoms with E-state index < -0.39 is 11.3 Å². The molecular formula is C22H41N3O3. The molecule has 1 heterocycles. The van der Waals surface area contributed by atoms with E-state index in [-0.39, 0.29) is 35.6 Å². The SMILES string of the molecule is CC(C)NC(=O)C(CC(C)(C)C(=O)N(C)C)C(C)C(C)C(=O)N1CCCCC1. The molecule has 3 amide bonds. The van der Waals surface area contributed by atoms with Gasteiger partial charge in [-0.15, -0.1) is 0 Å². The van der Waals surface area contributed by atoms with Gasteiger partial charge in [-0.3, -0.25) is 14.4 Å². The summed E-state index contributed by atoms with van der Waals surface area (Å²) >= 11 is 0. The minimum atomic E-state index is -0.676. The standard InChI is InChI=1S/C22H41N3O3/c1-15(2)23-19(26)18(14-22(5,6)21(28)24(7)8)16(3)17(4)20(27)25-12-10-9-11-13-25/h15-18H,9-14H2,1-8H3,(H,23,26). The number of nitrogens with one attached hydrogen (secondary N) is 1. The maximum absolute atomic E-state index is 13.0. The highest BCUT2D eigenvalue weighted by Crippen LogP contribution is 2.35. The summed E-state index contributed by atoms with van der Waals surface area (Å²) in [6.45, 7) is 13.2. The number of hydrogen-bond donors (Lipinski definition) is 1. The molecule has 0 saturated carbocycles. The van der Waals surface area contributed by atoms with Crippen LogP contribution >= 0.6 is 0 Å². The zero-order chi connectivity index (χ0) is 21.6. The maximum Gasteiger partial charge on any atom is 0.227 e.